The summed E-state index contributed by atoms with van der Waals surface area (Å²) in [4.78, 5) is 16.5. The lowest BCUT2D eigenvalue weighted by atomic mass is 10.1. The van der Waals surface area contributed by atoms with Gasteiger partial charge in [0.25, 0.3) is 5.56 Å². The zero-order valence-corrected chi connectivity index (χ0v) is 14.4. The molecule has 126 valence electrons. The van der Waals surface area contributed by atoms with E-state index < -0.39 is 15.6 Å². The standard InChI is InChI=1S/C14H18ClN3O4S/c1-3-6-23(21,22)17-4-5-18-8-16-12-11(14(18)20)10(15)7-9(2)13(12)19/h7-8,17,19H,3-6H2,1-2H3. The average Bonchev–Trinajstić information content (AvgIpc) is 2.46. The third-order valence-corrected chi connectivity index (χ3v) is 5.25. The Balaban J connectivity index is 2.31. The Morgan fingerprint density at radius 1 is 1.43 bits per heavy atom. The molecule has 0 radical (unpaired) electrons. The van der Waals surface area contributed by atoms with Crippen molar-refractivity contribution in [2.45, 2.75) is 26.8 Å². The van der Waals surface area contributed by atoms with Crippen LogP contribution in [0.5, 0.6) is 5.75 Å². The fourth-order valence-electron chi connectivity index (χ4n) is 2.22. The zero-order chi connectivity index (χ0) is 17.2. The number of halogens is 1. The van der Waals surface area contributed by atoms with Gasteiger partial charge in [-0.15, -0.1) is 0 Å². The quantitative estimate of drug-likeness (QED) is 0.811. The van der Waals surface area contributed by atoms with E-state index in [-0.39, 0.29) is 40.5 Å². The largest absolute Gasteiger partial charge is 0.505 e. The molecule has 9 heteroatoms. The topological polar surface area (TPSA) is 101 Å². The lowest BCUT2D eigenvalue weighted by Crippen LogP contribution is -2.32. The zero-order valence-electron chi connectivity index (χ0n) is 12.8. The van der Waals surface area contributed by atoms with E-state index in [9.17, 15) is 18.3 Å². The summed E-state index contributed by atoms with van der Waals surface area (Å²) in [5.74, 6) is -0.0473. The molecule has 23 heavy (non-hydrogen) atoms. The van der Waals surface area contributed by atoms with E-state index in [0.717, 1.165) is 0 Å². The molecular formula is C14H18ClN3O4S. The molecule has 2 N–H and O–H groups in total. The van der Waals surface area contributed by atoms with Gasteiger partial charge in [-0.1, -0.05) is 18.5 Å². The molecule has 0 bridgehead atoms. The maximum absolute atomic E-state index is 12.4. The van der Waals surface area contributed by atoms with Crippen molar-refractivity contribution in [3.8, 4) is 5.75 Å². The number of nitrogens with zero attached hydrogens (tertiary/aromatic N) is 2. The Morgan fingerprint density at radius 3 is 2.78 bits per heavy atom. The predicted molar refractivity (Wildman–Crippen MR) is 89.5 cm³/mol. The highest BCUT2D eigenvalue weighted by Crippen LogP contribution is 2.30. The molecule has 0 saturated heterocycles. The van der Waals surface area contributed by atoms with Crippen molar-refractivity contribution in [1.29, 1.82) is 0 Å². The first kappa shape index (κ1) is 17.7. The Bertz CT molecular complexity index is 893. The van der Waals surface area contributed by atoms with Gasteiger partial charge in [-0.05, 0) is 25.0 Å². The fourth-order valence-corrected chi connectivity index (χ4v) is 3.64. The molecule has 0 amide bonds. The van der Waals surface area contributed by atoms with Crippen molar-refractivity contribution >= 4 is 32.5 Å². The number of hydrogen-bond donors (Lipinski definition) is 2. The molecule has 2 aromatic rings. The van der Waals surface area contributed by atoms with E-state index in [2.05, 4.69) is 9.71 Å². The van der Waals surface area contributed by atoms with Crippen LogP contribution in [0, 0.1) is 6.92 Å². The van der Waals surface area contributed by atoms with E-state index in [0.29, 0.717) is 12.0 Å². The van der Waals surface area contributed by atoms with Crippen molar-refractivity contribution in [1.82, 2.24) is 14.3 Å². The molecule has 0 saturated carbocycles. The Labute approximate surface area is 139 Å². The van der Waals surface area contributed by atoms with Gasteiger partial charge >= 0.3 is 0 Å². The molecule has 1 heterocycles. The summed E-state index contributed by atoms with van der Waals surface area (Å²) in [5.41, 5.74) is 0.243. The Kier molecular flexibility index (Phi) is 5.28. The minimum Gasteiger partial charge on any atom is -0.505 e. The van der Waals surface area contributed by atoms with Crippen LogP contribution in [-0.2, 0) is 16.6 Å². The number of phenols is 1. The summed E-state index contributed by atoms with van der Waals surface area (Å²) < 4.78 is 26.9. The number of aryl methyl sites for hydroxylation is 1. The molecule has 0 aliphatic rings. The highest BCUT2D eigenvalue weighted by molar-refractivity contribution is 7.89. The van der Waals surface area contributed by atoms with Gasteiger partial charge in [0, 0.05) is 13.1 Å². The van der Waals surface area contributed by atoms with Crippen LogP contribution < -0.4 is 10.3 Å². The van der Waals surface area contributed by atoms with Crippen LogP contribution in [0.15, 0.2) is 17.2 Å². The first-order valence-electron chi connectivity index (χ1n) is 7.11. The minimum atomic E-state index is -3.33. The second-order valence-corrected chi connectivity index (χ2v) is 7.54. The van der Waals surface area contributed by atoms with Gasteiger partial charge in [0.15, 0.2) is 0 Å². The number of aromatic nitrogens is 2. The number of sulfonamides is 1. The van der Waals surface area contributed by atoms with Crippen molar-refractivity contribution in [2.75, 3.05) is 12.3 Å². The van der Waals surface area contributed by atoms with Gasteiger partial charge in [-0.2, -0.15) is 0 Å². The maximum Gasteiger partial charge on any atom is 0.262 e. The van der Waals surface area contributed by atoms with E-state index in [4.69, 9.17) is 11.6 Å². The SMILES string of the molecule is CCCS(=O)(=O)NCCn1cnc2c(O)c(C)cc(Cl)c2c1=O. The van der Waals surface area contributed by atoms with E-state index in [1.54, 1.807) is 13.8 Å². The van der Waals surface area contributed by atoms with Gasteiger partial charge < -0.3 is 5.11 Å². The summed E-state index contributed by atoms with van der Waals surface area (Å²) in [6.07, 6.45) is 1.79. The van der Waals surface area contributed by atoms with Gasteiger partial charge in [0.05, 0.1) is 22.5 Å². The number of hydrogen-bond acceptors (Lipinski definition) is 5. The van der Waals surface area contributed by atoms with Gasteiger partial charge in [0.1, 0.15) is 11.3 Å². The van der Waals surface area contributed by atoms with E-state index in [1.807, 2.05) is 0 Å². The van der Waals surface area contributed by atoms with Gasteiger partial charge in [-0.3, -0.25) is 9.36 Å². The third kappa shape index (κ3) is 3.82. The molecular weight excluding hydrogens is 342 g/mol. The van der Waals surface area contributed by atoms with Gasteiger partial charge in [-0.25, -0.2) is 18.1 Å². The summed E-state index contributed by atoms with van der Waals surface area (Å²) in [7, 11) is -3.33. The number of nitrogens with one attached hydrogen (secondary N) is 1. The summed E-state index contributed by atoms with van der Waals surface area (Å²) in [5, 5.41) is 10.3. The average molecular weight is 360 g/mol. The fraction of sp³-hybridized carbons (Fsp3) is 0.429. The van der Waals surface area contributed by atoms with Crippen LogP contribution in [-0.4, -0.2) is 35.4 Å². The number of rotatable bonds is 6. The smallest absolute Gasteiger partial charge is 0.262 e. The first-order valence-corrected chi connectivity index (χ1v) is 9.14. The van der Waals surface area contributed by atoms with Crippen LogP contribution in [0.2, 0.25) is 5.02 Å². The predicted octanol–water partition coefficient (Wildman–Crippen LogP) is 1.39. The molecule has 7 nitrogen and oxygen atoms in total. The van der Waals surface area contributed by atoms with Crippen molar-refractivity contribution in [3.63, 3.8) is 0 Å². The van der Waals surface area contributed by atoms with Crippen LogP contribution in [0.3, 0.4) is 0 Å². The second kappa shape index (κ2) is 6.86. The van der Waals surface area contributed by atoms with Crippen LogP contribution in [0.25, 0.3) is 10.9 Å². The summed E-state index contributed by atoms with van der Waals surface area (Å²) in [6.45, 7) is 3.63. The molecule has 0 unspecified atom stereocenters. The third-order valence-electron chi connectivity index (χ3n) is 3.37. The lowest BCUT2D eigenvalue weighted by Gasteiger charge is -2.10. The minimum absolute atomic E-state index is 0.0385. The van der Waals surface area contributed by atoms with Crippen LogP contribution in [0.1, 0.15) is 18.9 Å². The molecule has 2 rings (SSSR count). The number of fused-ring (bicyclic) bond motifs is 1. The van der Waals surface area contributed by atoms with Crippen LogP contribution >= 0.6 is 11.6 Å². The number of aromatic hydroxyl groups is 1. The number of phenolic OH excluding ortho intramolecular Hbond substituents is 1. The highest BCUT2D eigenvalue weighted by Gasteiger charge is 2.14. The number of benzene rings is 1. The normalized spacial score (nSPS) is 12.0. The van der Waals surface area contributed by atoms with Crippen molar-refractivity contribution in [2.24, 2.45) is 0 Å². The molecule has 0 aliphatic heterocycles. The molecule has 0 spiro atoms. The molecule has 0 fully saturated rings. The Hall–Kier alpha value is -1.64. The maximum atomic E-state index is 12.4. The molecule has 1 aromatic carbocycles. The highest BCUT2D eigenvalue weighted by atomic mass is 35.5. The van der Waals surface area contributed by atoms with Crippen molar-refractivity contribution in [3.05, 3.63) is 33.3 Å². The monoisotopic (exact) mass is 359 g/mol. The van der Waals surface area contributed by atoms with E-state index in [1.165, 1.54) is 17.0 Å². The lowest BCUT2D eigenvalue weighted by molar-refractivity contribution is 0.475. The van der Waals surface area contributed by atoms with Crippen LogP contribution in [0.4, 0.5) is 0 Å². The summed E-state index contributed by atoms with van der Waals surface area (Å²) in [6, 6.07) is 1.50. The first-order chi connectivity index (χ1) is 10.8. The molecule has 0 aliphatic carbocycles. The van der Waals surface area contributed by atoms with Gasteiger partial charge in [0.2, 0.25) is 10.0 Å². The molecule has 0 atom stereocenters. The second-order valence-electron chi connectivity index (χ2n) is 5.20. The Morgan fingerprint density at radius 2 is 2.13 bits per heavy atom. The summed E-state index contributed by atoms with van der Waals surface area (Å²) >= 11 is 6.08. The van der Waals surface area contributed by atoms with Crippen molar-refractivity contribution < 1.29 is 13.5 Å². The van der Waals surface area contributed by atoms with E-state index >= 15 is 0 Å². The molecule has 1 aromatic heterocycles.